The molecule has 7 nitrogen and oxygen atoms in total. The molecule has 14 heavy (non-hydrogen) atoms. The summed E-state index contributed by atoms with van der Waals surface area (Å²) in [4.78, 5) is 18.6. The fourth-order valence-electron chi connectivity index (χ4n) is 0. The second-order valence-corrected chi connectivity index (χ2v) is 2.06. The van der Waals surface area contributed by atoms with Crippen LogP contribution in [0.4, 0.5) is 0 Å². The minimum absolute atomic E-state index is 0.176. The highest BCUT2D eigenvalue weighted by atomic mass is 16.4. The number of carboxylic acids is 2. The third kappa shape index (κ3) is 210. The van der Waals surface area contributed by atoms with E-state index in [1.165, 1.54) is 6.92 Å². The van der Waals surface area contributed by atoms with Crippen LogP contribution in [0, 0.1) is 5.41 Å². The van der Waals surface area contributed by atoms with Crippen LogP contribution in [0.1, 0.15) is 13.8 Å². The lowest BCUT2D eigenvalue weighted by molar-refractivity contribution is -0.134. The fraction of sp³-hybridized carbons (Fsp3) is 0.286. The first-order valence-corrected chi connectivity index (χ1v) is 3.29. The maximum atomic E-state index is 9.60. The minimum atomic E-state index is -0.935. The molecule has 82 valence electrons. The highest BCUT2D eigenvalue weighted by Crippen LogP contribution is 1.81. The first kappa shape index (κ1) is 17.9. The molecular formula is C7H15N3O4. The lowest BCUT2D eigenvalue weighted by Crippen LogP contribution is -2.20. The molecule has 0 radical (unpaired) electrons. The Morgan fingerprint density at radius 2 is 1.29 bits per heavy atom. The number of carboxylic acid groups (broad SMARTS) is 2. The summed E-state index contributed by atoms with van der Waals surface area (Å²) in [6, 6.07) is 0. The van der Waals surface area contributed by atoms with Gasteiger partial charge in [0.15, 0.2) is 5.96 Å². The highest BCUT2D eigenvalue weighted by Gasteiger charge is 1.90. The number of aliphatic carboxylic acids is 2. The Balaban J connectivity index is -0.000000135. The summed E-state index contributed by atoms with van der Waals surface area (Å²) >= 11 is 0. The van der Waals surface area contributed by atoms with Gasteiger partial charge in [0.1, 0.15) is 0 Å². The Hall–Kier alpha value is -2.05. The summed E-state index contributed by atoms with van der Waals surface area (Å²) in [7, 11) is 0. The summed E-state index contributed by atoms with van der Waals surface area (Å²) in [5.74, 6) is -2.10. The summed E-state index contributed by atoms with van der Waals surface area (Å²) in [5, 5.41) is 21.4. The van der Waals surface area contributed by atoms with Crippen molar-refractivity contribution in [1.29, 1.82) is 5.41 Å². The lowest BCUT2D eigenvalue weighted by Gasteiger charge is -1.79. The quantitative estimate of drug-likeness (QED) is 0.223. The van der Waals surface area contributed by atoms with Crippen LogP contribution in [-0.2, 0) is 9.59 Å². The molecule has 0 unspecified atom stereocenters. The van der Waals surface area contributed by atoms with E-state index in [0.29, 0.717) is 0 Å². The molecule has 0 rings (SSSR count). The van der Waals surface area contributed by atoms with Crippen LogP contribution < -0.4 is 11.5 Å². The van der Waals surface area contributed by atoms with Gasteiger partial charge in [-0.2, -0.15) is 0 Å². The molecule has 0 aromatic rings. The summed E-state index contributed by atoms with van der Waals surface area (Å²) in [6.07, 6.45) is 0. The first-order valence-electron chi connectivity index (χ1n) is 3.29. The smallest absolute Gasteiger partial charge is 0.330 e. The van der Waals surface area contributed by atoms with Crippen molar-refractivity contribution in [2.24, 2.45) is 11.5 Å². The molecule has 0 aromatic carbocycles. The van der Waals surface area contributed by atoms with Crippen molar-refractivity contribution in [1.82, 2.24) is 0 Å². The largest absolute Gasteiger partial charge is 0.481 e. The maximum Gasteiger partial charge on any atom is 0.330 e. The molecule has 0 bridgehead atoms. The molecule has 0 aliphatic rings. The zero-order valence-electron chi connectivity index (χ0n) is 8.07. The Labute approximate surface area is 81.5 Å². The zero-order chi connectivity index (χ0) is 12.3. The van der Waals surface area contributed by atoms with Gasteiger partial charge in [-0.3, -0.25) is 10.2 Å². The Bertz CT molecular complexity index is 193. The van der Waals surface area contributed by atoms with Gasteiger partial charge >= 0.3 is 5.97 Å². The van der Waals surface area contributed by atoms with Gasteiger partial charge in [-0.05, 0) is 6.92 Å². The van der Waals surface area contributed by atoms with E-state index in [4.69, 9.17) is 20.4 Å². The summed E-state index contributed by atoms with van der Waals surface area (Å²) in [5.41, 5.74) is 9.12. The minimum Gasteiger partial charge on any atom is -0.481 e. The van der Waals surface area contributed by atoms with Crippen molar-refractivity contribution >= 4 is 17.9 Å². The van der Waals surface area contributed by atoms with Crippen LogP contribution >= 0.6 is 0 Å². The van der Waals surface area contributed by atoms with E-state index in [9.17, 15) is 4.79 Å². The van der Waals surface area contributed by atoms with E-state index in [1.807, 2.05) is 0 Å². The van der Waals surface area contributed by atoms with Gasteiger partial charge in [-0.15, -0.1) is 0 Å². The molecule has 0 saturated heterocycles. The van der Waals surface area contributed by atoms with Crippen molar-refractivity contribution in [2.45, 2.75) is 13.8 Å². The SMILES string of the molecule is C=C(C)C(=O)O.CC(=O)O.N=C(N)N. The van der Waals surface area contributed by atoms with E-state index < -0.39 is 11.9 Å². The van der Waals surface area contributed by atoms with Gasteiger partial charge in [0.2, 0.25) is 0 Å². The molecule has 7 heteroatoms. The molecule has 0 heterocycles. The van der Waals surface area contributed by atoms with E-state index >= 15 is 0 Å². The maximum absolute atomic E-state index is 9.60. The molecular weight excluding hydrogens is 190 g/mol. The van der Waals surface area contributed by atoms with E-state index in [0.717, 1.165) is 6.92 Å². The number of carbonyl (C=O) groups is 2. The van der Waals surface area contributed by atoms with Crippen molar-refractivity contribution in [2.75, 3.05) is 0 Å². The van der Waals surface area contributed by atoms with Crippen LogP contribution in [-0.4, -0.2) is 28.1 Å². The van der Waals surface area contributed by atoms with Crippen molar-refractivity contribution in [3.8, 4) is 0 Å². The topological polar surface area (TPSA) is 150 Å². The number of hydrogen-bond acceptors (Lipinski definition) is 3. The molecule has 0 aliphatic heterocycles. The Kier molecular flexibility index (Phi) is 14.0. The third-order valence-corrected chi connectivity index (χ3v) is 0.365. The second-order valence-electron chi connectivity index (χ2n) is 2.06. The van der Waals surface area contributed by atoms with Gasteiger partial charge in [-0.1, -0.05) is 6.58 Å². The van der Waals surface area contributed by atoms with Crippen LogP contribution in [0.15, 0.2) is 12.2 Å². The average Bonchev–Trinajstić information content (AvgIpc) is 1.83. The molecule has 0 amide bonds. The number of guanidine groups is 1. The predicted molar refractivity (Wildman–Crippen MR) is 51.9 cm³/mol. The predicted octanol–water partition coefficient (Wildman–Crippen LogP) is -0.423. The molecule has 0 atom stereocenters. The Morgan fingerprint density at radius 3 is 1.29 bits per heavy atom. The van der Waals surface area contributed by atoms with E-state index in [2.05, 4.69) is 18.0 Å². The number of hydrogen-bond donors (Lipinski definition) is 5. The van der Waals surface area contributed by atoms with Gasteiger partial charge in [0.05, 0.1) is 0 Å². The summed E-state index contributed by atoms with van der Waals surface area (Å²) in [6.45, 7) is 5.69. The molecule has 0 fully saturated rings. The molecule has 0 aliphatic carbocycles. The first-order chi connectivity index (χ1) is 6.11. The Morgan fingerprint density at radius 1 is 1.21 bits per heavy atom. The van der Waals surface area contributed by atoms with Crippen molar-refractivity contribution in [3.05, 3.63) is 12.2 Å². The van der Waals surface area contributed by atoms with Crippen LogP contribution in [0.3, 0.4) is 0 Å². The van der Waals surface area contributed by atoms with Gasteiger partial charge in [0.25, 0.3) is 5.97 Å². The van der Waals surface area contributed by atoms with Gasteiger partial charge in [0, 0.05) is 12.5 Å². The monoisotopic (exact) mass is 205 g/mol. The van der Waals surface area contributed by atoms with E-state index in [1.54, 1.807) is 0 Å². The highest BCUT2D eigenvalue weighted by molar-refractivity contribution is 5.84. The van der Waals surface area contributed by atoms with Crippen LogP contribution in [0.5, 0.6) is 0 Å². The van der Waals surface area contributed by atoms with Crippen molar-refractivity contribution < 1.29 is 19.8 Å². The van der Waals surface area contributed by atoms with Gasteiger partial charge in [-0.25, -0.2) is 4.79 Å². The van der Waals surface area contributed by atoms with Crippen LogP contribution in [0.2, 0.25) is 0 Å². The number of rotatable bonds is 1. The second kappa shape index (κ2) is 11.0. The number of nitrogens with two attached hydrogens (primary N) is 2. The third-order valence-electron chi connectivity index (χ3n) is 0.365. The van der Waals surface area contributed by atoms with E-state index in [-0.39, 0.29) is 11.5 Å². The molecule has 0 aromatic heterocycles. The fourth-order valence-corrected chi connectivity index (χ4v) is 0. The summed E-state index contributed by atoms with van der Waals surface area (Å²) < 4.78 is 0. The zero-order valence-corrected chi connectivity index (χ0v) is 8.07. The lowest BCUT2D eigenvalue weighted by atomic mass is 10.4. The molecule has 0 saturated carbocycles. The standard InChI is InChI=1S/C4H6O2.C2H4O2.CH5N3/c1-3(2)4(5)6;1-2(3)4;2-1(3)4/h1H2,2H3,(H,5,6);1H3,(H,3,4);(H5,2,3,4). The van der Waals surface area contributed by atoms with Crippen molar-refractivity contribution in [3.63, 3.8) is 0 Å². The molecule has 7 N–H and O–H groups in total. The number of nitrogens with one attached hydrogen (secondary N) is 1. The van der Waals surface area contributed by atoms with Gasteiger partial charge < -0.3 is 21.7 Å². The normalized spacial score (nSPS) is 6.71. The average molecular weight is 205 g/mol. The van der Waals surface area contributed by atoms with Crippen LogP contribution in [0.25, 0.3) is 0 Å². The molecule has 0 spiro atoms.